The second-order valence-corrected chi connectivity index (χ2v) is 10.6. The average molecular weight is 232 g/mol. The minimum Gasteiger partial charge on any atom is -0.411 e. The van der Waals surface area contributed by atoms with Crippen LogP contribution in [0.15, 0.2) is 0 Å². The van der Waals surface area contributed by atoms with Crippen LogP contribution in [-0.2, 0) is 9.16 Å². The zero-order valence-electron chi connectivity index (χ0n) is 10.5. The molecule has 1 fully saturated rings. The van der Waals surface area contributed by atoms with Crippen molar-refractivity contribution in [1.29, 1.82) is 0 Å². The summed E-state index contributed by atoms with van der Waals surface area (Å²) in [7, 11) is -1.72. The predicted molar refractivity (Wildman–Crippen MR) is 63.5 cm³/mol. The van der Waals surface area contributed by atoms with E-state index >= 15 is 0 Å². The molecule has 0 aromatic carbocycles. The third kappa shape index (κ3) is 3.03. The molecule has 3 nitrogen and oxygen atoms in total. The Bertz CT molecular complexity index is 210. The van der Waals surface area contributed by atoms with Crippen molar-refractivity contribution in [1.82, 2.24) is 0 Å². The second-order valence-electron chi connectivity index (χ2n) is 5.80. The van der Waals surface area contributed by atoms with Crippen molar-refractivity contribution in [2.75, 3.05) is 13.2 Å². The molecule has 4 heteroatoms. The van der Waals surface area contributed by atoms with Crippen LogP contribution in [0.2, 0.25) is 18.1 Å². The van der Waals surface area contributed by atoms with Gasteiger partial charge in [-0.1, -0.05) is 20.8 Å². The minimum absolute atomic E-state index is 0.0687. The normalized spacial score (nSPS) is 28.4. The van der Waals surface area contributed by atoms with E-state index in [-0.39, 0.29) is 23.9 Å². The summed E-state index contributed by atoms with van der Waals surface area (Å²) in [6, 6.07) is 0. The SMILES string of the molecule is CC(C)(C)[Si](C)(C)O[C@@H]1CCO[C@@H]1CO. The first kappa shape index (κ1) is 13.2. The third-order valence-electron chi connectivity index (χ3n) is 3.58. The smallest absolute Gasteiger partial charge is 0.192 e. The Morgan fingerprint density at radius 1 is 1.40 bits per heavy atom. The maximum absolute atomic E-state index is 9.15. The predicted octanol–water partition coefficient (Wildman–Crippen LogP) is 2.16. The van der Waals surface area contributed by atoms with E-state index in [9.17, 15) is 0 Å². The highest BCUT2D eigenvalue weighted by molar-refractivity contribution is 6.74. The van der Waals surface area contributed by atoms with Gasteiger partial charge in [-0.3, -0.25) is 0 Å². The van der Waals surface area contributed by atoms with Crippen LogP contribution < -0.4 is 0 Å². The van der Waals surface area contributed by atoms with Gasteiger partial charge in [-0.05, 0) is 24.6 Å². The lowest BCUT2D eigenvalue weighted by molar-refractivity contribution is 0.00840. The number of aliphatic hydroxyl groups excluding tert-OH is 1. The van der Waals surface area contributed by atoms with E-state index in [1.165, 1.54) is 0 Å². The third-order valence-corrected chi connectivity index (χ3v) is 8.09. The van der Waals surface area contributed by atoms with Crippen molar-refractivity contribution in [3.05, 3.63) is 0 Å². The molecule has 0 aromatic heterocycles. The summed E-state index contributed by atoms with van der Waals surface area (Å²) in [5, 5.41) is 9.36. The Kier molecular flexibility index (Phi) is 3.98. The van der Waals surface area contributed by atoms with Crippen molar-refractivity contribution < 1.29 is 14.3 Å². The molecule has 1 rings (SSSR count). The molecule has 15 heavy (non-hydrogen) atoms. The minimum atomic E-state index is -1.72. The van der Waals surface area contributed by atoms with Crippen molar-refractivity contribution in [2.45, 2.75) is 57.5 Å². The van der Waals surface area contributed by atoms with Crippen molar-refractivity contribution in [2.24, 2.45) is 0 Å². The standard InChI is InChI=1S/C11H24O3Si/c1-11(2,3)15(4,5)14-9-6-7-13-10(9)8-12/h9-10,12H,6-8H2,1-5H3/t9-,10-/m1/s1. The van der Waals surface area contributed by atoms with Crippen LogP contribution in [0.4, 0.5) is 0 Å². The monoisotopic (exact) mass is 232 g/mol. The van der Waals surface area contributed by atoms with Gasteiger partial charge in [-0.15, -0.1) is 0 Å². The fourth-order valence-electron chi connectivity index (χ4n) is 1.49. The van der Waals surface area contributed by atoms with E-state index in [4.69, 9.17) is 14.3 Å². The molecule has 1 heterocycles. The van der Waals surface area contributed by atoms with Crippen molar-refractivity contribution in [3.8, 4) is 0 Å². The van der Waals surface area contributed by atoms with Gasteiger partial charge in [0, 0.05) is 6.61 Å². The van der Waals surface area contributed by atoms with Gasteiger partial charge in [0.05, 0.1) is 12.7 Å². The molecule has 0 aliphatic carbocycles. The molecule has 0 amide bonds. The Balaban J connectivity index is 2.60. The topological polar surface area (TPSA) is 38.7 Å². The molecule has 1 N–H and O–H groups in total. The molecule has 0 bridgehead atoms. The average Bonchev–Trinajstić information content (AvgIpc) is 2.48. The van der Waals surface area contributed by atoms with E-state index in [1.807, 2.05) is 0 Å². The van der Waals surface area contributed by atoms with E-state index in [1.54, 1.807) is 0 Å². The lowest BCUT2D eigenvalue weighted by atomic mass is 10.2. The number of hydrogen-bond acceptors (Lipinski definition) is 3. The van der Waals surface area contributed by atoms with Crippen molar-refractivity contribution in [3.63, 3.8) is 0 Å². The van der Waals surface area contributed by atoms with Gasteiger partial charge < -0.3 is 14.3 Å². The number of aliphatic hydroxyl groups is 1. The highest BCUT2D eigenvalue weighted by atomic mass is 28.4. The van der Waals surface area contributed by atoms with Crippen LogP contribution in [0, 0.1) is 0 Å². The van der Waals surface area contributed by atoms with Gasteiger partial charge in [0.15, 0.2) is 8.32 Å². The molecule has 0 radical (unpaired) electrons. The summed E-state index contributed by atoms with van der Waals surface area (Å²) in [5.41, 5.74) is 0. The second kappa shape index (κ2) is 4.53. The highest BCUT2D eigenvalue weighted by Gasteiger charge is 2.42. The summed E-state index contributed by atoms with van der Waals surface area (Å²) >= 11 is 0. The van der Waals surface area contributed by atoms with Crippen LogP contribution in [0.3, 0.4) is 0 Å². The fraction of sp³-hybridized carbons (Fsp3) is 1.00. The van der Waals surface area contributed by atoms with Crippen molar-refractivity contribution >= 4 is 8.32 Å². The lowest BCUT2D eigenvalue weighted by Crippen LogP contribution is -2.46. The zero-order valence-corrected chi connectivity index (χ0v) is 11.5. The van der Waals surface area contributed by atoms with Crippen LogP contribution in [0.1, 0.15) is 27.2 Å². The molecule has 0 aromatic rings. The Morgan fingerprint density at radius 3 is 2.47 bits per heavy atom. The van der Waals surface area contributed by atoms with Gasteiger partial charge >= 0.3 is 0 Å². The molecule has 1 aliphatic rings. The van der Waals surface area contributed by atoms with E-state index in [0.29, 0.717) is 6.61 Å². The van der Waals surface area contributed by atoms with Gasteiger partial charge in [0.25, 0.3) is 0 Å². The molecule has 0 saturated carbocycles. The van der Waals surface area contributed by atoms with Gasteiger partial charge in [-0.2, -0.15) is 0 Å². The molecule has 0 spiro atoms. The van der Waals surface area contributed by atoms with E-state index in [2.05, 4.69) is 33.9 Å². The van der Waals surface area contributed by atoms with Crippen LogP contribution in [-0.4, -0.2) is 38.8 Å². The molecular weight excluding hydrogens is 208 g/mol. The summed E-state index contributed by atoms with van der Waals surface area (Å²) in [4.78, 5) is 0. The first-order valence-corrected chi connectivity index (χ1v) is 8.59. The van der Waals surface area contributed by atoms with Gasteiger partial charge in [-0.25, -0.2) is 0 Å². The fourth-order valence-corrected chi connectivity index (χ4v) is 2.87. The maximum Gasteiger partial charge on any atom is 0.192 e. The number of rotatable bonds is 3. The highest BCUT2D eigenvalue weighted by Crippen LogP contribution is 2.38. The summed E-state index contributed by atoms with van der Waals surface area (Å²) < 4.78 is 11.6. The van der Waals surface area contributed by atoms with E-state index in [0.717, 1.165) is 6.42 Å². The number of ether oxygens (including phenoxy) is 1. The molecule has 1 aliphatic heterocycles. The number of hydrogen-bond donors (Lipinski definition) is 1. The Hall–Kier alpha value is 0.0969. The van der Waals surface area contributed by atoms with E-state index < -0.39 is 8.32 Å². The Morgan fingerprint density at radius 2 is 2.00 bits per heavy atom. The summed E-state index contributed by atoms with van der Waals surface area (Å²) in [5.74, 6) is 0. The largest absolute Gasteiger partial charge is 0.411 e. The van der Waals surface area contributed by atoms with Crippen LogP contribution >= 0.6 is 0 Å². The molecular formula is C11H24O3Si. The summed E-state index contributed by atoms with van der Waals surface area (Å²) in [6.07, 6.45) is 0.896. The maximum atomic E-state index is 9.15. The first-order valence-electron chi connectivity index (χ1n) is 5.68. The lowest BCUT2D eigenvalue weighted by Gasteiger charge is -2.39. The van der Waals surface area contributed by atoms with Gasteiger partial charge in [0.2, 0.25) is 0 Å². The quantitative estimate of drug-likeness (QED) is 0.758. The molecule has 2 atom stereocenters. The molecule has 90 valence electrons. The molecule has 0 unspecified atom stereocenters. The first-order chi connectivity index (χ1) is 6.78. The van der Waals surface area contributed by atoms with Crippen LogP contribution in [0.5, 0.6) is 0 Å². The van der Waals surface area contributed by atoms with Gasteiger partial charge in [0.1, 0.15) is 6.10 Å². The molecule has 1 saturated heterocycles. The van der Waals surface area contributed by atoms with Crippen LogP contribution in [0.25, 0.3) is 0 Å². The zero-order chi connectivity index (χ0) is 11.7. The Labute approximate surface area is 93.9 Å². The summed E-state index contributed by atoms with van der Waals surface area (Å²) in [6.45, 7) is 11.9.